The number of benzene rings is 4. The zero-order valence-electron chi connectivity index (χ0n) is 15.5. The van der Waals surface area contributed by atoms with E-state index < -0.39 is 0 Å². The first kappa shape index (κ1) is 18.5. The second kappa shape index (κ2) is 8.88. The Morgan fingerprint density at radius 1 is 0.536 bits per heavy atom. The summed E-state index contributed by atoms with van der Waals surface area (Å²) < 4.78 is 5.65. The van der Waals surface area contributed by atoms with Crippen molar-refractivity contribution in [2.24, 2.45) is 0 Å². The molecule has 0 aliphatic rings. The fourth-order valence-electron chi connectivity index (χ4n) is 3.52. The number of ether oxygens (including phenoxy) is 1. The molecule has 0 saturated heterocycles. The lowest BCUT2D eigenvalue weighted by atomic mass is 9.88. The monoisotopic (exact) mass is 384 g/mol. The van der Waals surface area contributed by atoms with Gasteiger partial charge in [-0.3, -0.25) is 0 Å². The van der Waals surface area contributed by atoms with Crippen LogP contribution >= 0.6 is 11.6 Å². The van der Waals surface area contributed by atoms with Gasteiger partial charge in [-0.15, -0.1) is 0 Å². The van der Waals surface area contributed by atoms with E-state index in [1.807, 2.05) is 18.2 Å². The highest BCUT2D eigenvalue weighted by molar-refractivity contribution is 6.17. The Hall–Kier alpha value is -2.87. The molecule has 0 N–H and O–H groups in total. The van der Waals surface area contributed by atoms with Crippen molar-refractivity contribution in [2.45, 2.75) is 6.61 Å². The van der Waals surface area contributed by atoms with Gasteiger partial charge in [-0.25, -0.2) is 0 Å². The maximum atomic E-state index is 5.85. The van der Waals surface area contributed by atoms with Crippen LogP contribution in [0.15, 0.2) is 103 Å². The van der Waals surface area contributed by atoms with Crippen molar-refractivity contribution in [1.29, 1.82) is 0 Å². The standard InChI is InChI=1S/C26H21ClO/c27-19-28-18-26-24(21-12-6-2-7-13-21)16-23(20-10-4-1-5-11-20)17-25(26)22-14-8-3-9-15-22/h1-17H,18-19H2. The van der Waals surface area contributed by atoms with Gasteiger partial charge in [-0.1, -0.05) is 103 Å². The number of halogens is 1. The highest BCUT2D eigenvalue weighted by Gasteiger charge is 2.15. The third kappa shape index (κ3) is 4.01. The summed E-state index contributed by atoms with van der Waals surface area (Å²) in [5.74, 6) is 0. The average Bonchev–Trinajstić information content (AvgIpc) is 2.79. The van der Waals surface area contributed by atoms with E-state index in [-0.39, 0.29) is 6.07 Å². The van der Waals surface area contributed by atoms with E-state index in [0.29, 0.717) is 6.61 Å². The number of alkyl halides is 1. The predicted molar refractivity (Wildman–Crippen MR) is 118 cm³/mol. The summed E-state index contributed by atoms with van der Waals surface area (Å²) in [5, 5.41) is 0. The zero-order valence-corrected chi connectivity index (χ0v) is 16.3. The van der Waals surface area contributed by atoms with E-state index in [4.69, 9.17) is 16.3 Å². The van der Waals surface area contributed by atoms with Gasteiger partial charge >= 0.3 is 0 Å². The molecule has 0 heterocycles. The Bertz CT molecular complexity index is 967. The number of hydrogen-bond acceptors (Lipinski definition) is 1. The molecular formula is C26H21ClO. The number of rotatable bonds is 6. The van der Waals surface area contributed by atoms with Crippen LogP contribution in [-0.2, 0) is 11.3 Å². The minimum absolute atomic E-state index is 0.170. The van der Waals surface area contributed by atoms with Gasteiger partial charge in [0.1, 0.15) is 6.07 Å². The molecule has 0 fully saturated rings. The van der Waals surface area contributed by atoms with E-state index in [2.05, 4.69) is 84.9 Å². The molecule has 1 nitrogen and oxygen atoms in total. The highest BCUT2D eigenvalue weighted by atomic mass is 35.5. The molecule has 4 aromatic rings. The maximum Gasteiger partial charge on any atom is 0.121 e. The van der Waals surface area contributed by atoms with Crippen LogP contribution in [0.1, 0.15) is 5.56 Å². The quantitative estimate of drug-likeness (QED) is 0.314. The Labute approximate surface area is 171 Å². The molecule has 0 aliphatic heterocycles. The predicted octanol–water partition coefficient (Wildman–Crippen LogP) is 7.40. The fourth-order valence-corrected chi connectivity index (χ4v) is 3.59. The highest BCUT2D eigenvalue weighted by Crippen LogP contribution is 2.37. The molecule has 0 amide bonds. The van der Waals surface area contributed by atoms with Crippen LogP contribution in [0.2, 0.25) is 0 Å². The van der Waals surface area contributed by atoms with Crippen molar-refractivity contribution in [3.05, 3.63) is 109 Å². The lowest BCUT2D eigenvalue weighted by Crippen LogP contribution is -1.99. The third-order valence-corrected chi connectivity index (χ3v) is 5.00. The molecule has 0 atom stereocenters. The lowest BCUT2D eigenvalue weighted by molar-refractivity contribution is 0.166. The molecule has 2 heteroatoms. The Kier molecular flexibility index (Phi) is 5.86. The molecular weight excluding hydrogens is 364 g/mol. The van der Waals surface area contributed by atoms with E-state index in [1.165, 1.54) is 33.4 Å². The van der Waals surface area contributed by atoms with Gasteiger partial charge in [0.25, 0.3) is 0 Å². The van der Waals surface area contributed by atoms with Crippen LogP contribution in [0.3, 0.4) is 0 Å². The summed E-state index contributed by atoms with van der Waals surface area (Å²) in [6.45, 7) is 0.465. The van der Waals surface area contributed by atoms with Gasteiger partial charge in [0.2, 0.25) is 0 Å². The van der Waals surface area contributed by atoms with Gasteiger partial charge < -0.3 is 4.74 Å². The SMILES string of the molecule is ClCOCc1c(-c2ccccc2)cc(-c2ccccc2)cc1-c1ccccc1. The maximum absolute atomic E-state index is 5.85. The first-order valence-electron chi connectivity index (χ1n) is 9.33. The summed E-state index contributed by atoms with van der Waals surface area (Å²) >= 11 is 5.85. The molecule has 0 bridgehead atoms. The first-order valence-corrected chi connectivity index (χ1v) is 9.87. The third-order valence-electron chi connectivity index (χ3n) is 4.85. The van der Waals surface area contributed by atoms with Gasteiger partial charge in [0.15, 0.2) is 0 Å². The molecule has 0 unspecified atom stereocenters. The Morgan fingerprint density at radius 2 is 0.964 bits per heavy atom. The van der Waals surface area contributed by atoms with Gasteiger partial charge in [0, 0.05) is 0 Å². The van der Waals surface area contributed by atoms with Crippen molar-refractivity contribution >= 4 is 11.6 Å². The second-order valence-electron chi connectivity index (χ2n) is 6.61. The summed E-state index contributed by atoms with van der Waals surface area (Å²) in [5.41, 5.74) is 8.22. The molecule has 0 saturated carbocycles. The fraction of sp³-hybridized carbons (Fsp3) is 0.0769. The van der Waals surface area contributed by atoms with E-state index in [1.54, 1.807) is 0 Å². The van der Waals surface area contributed by atoms with Crippen LogP contribution in [0, 0.1) is 0 Å². The molecule has 0 spiro atoms. The minimum Gasteiger partial charge on any atom is -0.361 e. The van der Waals surface area contributed by atoms with Gasteiger partial charge in [-0.05, 0) is 51.1 Å². The van der Waals surface area contributed by atoms with Crippen LogP contribution in [0.25, 0.3) is 33.4 Å². The summed E-state index contributed by atoms with van der Waals surface area (Å²) in [4.78, 5) is 0. The Balaban J connectivity index is 1.99. The topological polar surface area (TPSA) is 9.23 Å². The molecule has 0 radical (unpaired) electrons. The van der Waals surface area contributed by atoms with E-state index >= 15 is 0 Å². The van der Waals surface area contributed by atoms with Crippen molar-refractivity contribution in [2.75, 3.05) is 6.07 Å². The molecule has 0 aliphatic carbocycles. The smallest absolute Gasteiger partial charge is 0.121 e. The van der Waals surface area contributed by atoms with Crippen LogP contribution in [0.5, 0.6) is 0 Å². The summed E-state index contributed by atoms with van der Waals surface area (Å²) in [6.07, 6.45) is 0. The first-order chi connectivity index (χ1) is 13.9. The zero-order chi connectivity index (χ0) is 19.2. The van der Waals surface area contributed by atoms with Crippen LogP contribution < -0.4 is 0 Å². The number of hydrogen-bond donors (Lipinski definition) is 0. The molecule has 138 valence electrons. The summed E-state index contributed by atoms with van der Waals surface area (Å²) in [6, 6.07) is 36.1. The van der Waals surface area contributed by atoms with Crippen molar-refractivity contribution in [1.82, 2.24) is 0 Å². The molecule has 28 heavy (non-hydrogen) atoms. The van der Waals surface area contributed by atoms with Crippen LogP contribution in [0.4, 0.5) is 0 Å². The van der Waals surface area contributed by atoms with Gasteiger partial charge in [-0.2, -0.15) is 0 Å². The van der Waals surface area contributed by atoms with Crippen molar-refractivity contribution < 1.29 is 4.74 Å². The normalized spacial score (nSPS) is 10.8. The van der Waals surface area contributed by atoms with Crippen molar-refractivity contribution in [3.63, 3.8) is 0 Å². The van der Waals surface area contributed by atoms with Crippen LogP contribution in [-0.4, -0.2) is 6.07 Å². The van der Waals surface area contributed by atoms with E-state index in [0.717, 1.165) is 5.56 Å². The molecule has 4 aromatic carbocycles. The lowest BCUT2D eigenvalue weighted by Gasteiger charge is -2.18. The minimum atomic E-state index is 0.170. The molecule has 4 rings (SSSR count). The largest absolute Gasteiger partial charge is 0.361 e. The second-order valence-corrected chi connectivity index (χ2v) is 6.82. The summed E-state index contributed by atoms with van der Waals surface area (Å²) in [7, 11) is 0. The average molecular weight is 385 g/mol. The van der Waals surface area contributed by atoms with E-state index in [9.17, 15) is 0 Å². The molecule has 0 aromatic heterocycles. The van der Waals surface area contributed by atoms with Crippen molar-refractivity contribution in [3.8, 4) is 33.4 Å². The Morgan fingerprint density at radius 3 is 1.39 bits per heavy atom. The van der Waals surface area contributed by atoms with Gasteiger partial charge in [0.05, 0.1) is 6.61 Å².